The van der Waals surface area contributed by atoms with Gasteiger partial charge in [0.1, 0.15) is 5.75 Å². The van der Waals surface area contributed by atoms with E-state index < -0.39 is 0 Å². The Bertz CT molecular complexity index is 661. The Kier molecular flexibility index (Phi) is 3.99. The van der Waals surface area contributed by atoms with Crippen LogP contribution in [-0.4, -0.2) is 11.1 Å². The van der Waals surface area contributed by atoms with E-state index >= 15 is 0 Å². The fraction of sp³-hybridized carbons (Fsp3) is 0.188. The maximum atomic E-state index is 9.89. The van der Waals surface area contributed by atoms with Gasteiger partial charge >= 0.3 is 0 Å². The zero-order valence-corrected chi connectivity index (χ0v) is 11.6. The first-order chi connectivity index (χ1) is 9.19. The summed E-state index contributed by atoms with van der Waals surface area (Å²) in [5.41, 5.74) is 9.22. The van der Waals surface area contributed by atoms with Gasteiger partial charge in [0.25, 0.3) is 0 Å². The van der Waals surface area contributed by atoms with Gasteiger partial charge in [0.15, 0.2) is 5.69 Å². The van der Waals surface area contributed by atoms with Crippen LogP contribution in [0.25, 0.3) is 16.0 Å². The minimum absolute atomic E-state index is 0. The van der Waals surface area contributed by atoms with Crippen LogP contribution < -0.4 is 5.73 Å². The van der Waals surface area contributed by atoms with Gasteiger partial charge in [-0.15, -0.1) is 12.4 Å². The smallest absolute Gasteiger partial charge is 0.188 e. The third-order valence-electron chi connectivity index (χ3n) is 3.60. The number of nitrogens with two attached hydrogens (primary N) is 1. The highest BCUT2D eigenvalue weighted by Gasteiger charge is 2.34. The van der Waals surface area contributed by atoms with Gasteiger partial charge in [-0.1, -0.05) is 30.3 Å². The number of phenolic OH excluding ortho intramolecular Hbond substituents is 1. The molecule has 0 saturated heterocycles. The van der Waals surface area contributed by atoms with Crippen LogP contribution in [0.4, 0.5) is 5.69 Å². The first kappa shape index (κ1) is 14.4. The van der Waals surface area contributed by atoms with Crippen LogP contribution in [-0.2, 0) is 0 Å². The largest absolute Gasteiger partial charge is 0.507 e. The summed E-state index contributed by atoms with van der Waals surface area (Å²) in [7, 11) is 0. The van der Waals surface area contributed by atoms with E-state index in [2.05, 4.69) is 17.0 Å². The highest BCUT2D eigenvalue weighted by atomic mass is 35.5. The van der Waals surface area contributed by atoms with Crippen molar-refractivity contribution in [3.05, 3.63) is 59.4 Å². The summed E-state index contributed by atoms with van der Waals surface area (Å²) in [6.07, 6.45) is 1.05. The van der Waals surface area contributed by atoms with Gasteiger partial charge in [0.05, 0.1) is 6.57 Å². The van der Waals surface area contributed by atoms with Crippen molar-refractivity contribution in [3.8, 4) is 16.9 Å². The molecule has 0 aliphatic heterocycles. The monoisotopic (exact) mass is 286 g/mol. The summed E-state index contributed by atoms with van der Waals surface area (Å²) in [6, 6.07) is 13.2. The standard InChI is InChI=1S/C16H14N2O.ClH/c1-18-12-6-7-16(19)14(8-12)11-4-2-10(3-5-11)13-9-15(13)17;/h2-8,13,15,19H,9,17H2;1H/t13-,15+;/m1./s1. The molecule has 0 aromatic heterocycles. The molecule has 20 heavy (non-hydrogen) atoms. The van der Waals surface area contributed by atoms with E-state index in [1.165, 1.54) is 5.56 Å². The fourth-order valence-corrected chi connectivity index (χ4v) is 2.33. The number of hydrogen-bond acceptors (Lipinski definition) is 2. The summed E-state index contributed by atoms with van der Waals surface area (Å²) in [5, 5.41) is 9.89. The van der Waals surface area contributed by atoms with Crippen molar-refractivity contribution in [2.24, 2.45) is 5.73 Å². The molecule has 1 fully saturated rings. The molecule has 102 valence electrons. The lowest BCUT2D eigenvalue weighted by molar-refractivity contribution is 0.477. The van der Waals surface area contributed by atoms with Crippen LogP contribution in [0.2, 0.25) is 0 Å². The van der Waals surface area contributed by atoms with Gasteiger partial charge in [-0.2, -0.15) is 0 Å². The number of nitrogens with zero attached hydrogens (tertiary/aromatic N) is 1. The molecule has 1 saturated carbocycles. The summed E-state index contributed by atoms with van der Waals surface area (Å²) in [4.78, 5) is 3.39. The maximum absolute atomic E-state index is 9.89. The Labute approximate surface area is 124 Å². The molecule has 2 aromatic carbocycles. The highest BCUT2D eigenvalue weighted by Crippen LogP contribution is 2.40. The van der Waals surface area contributed by atoms with Crippen molar-refractivity contribution in [3.63, 3.8) is 0 Å². The molecular weight excluding hydrogens is 272 g/mol. The third-order valence-corrected chi connectivity index (χ3v) is 3.60. The molecule has 0 bridgehead atoms. The molecule has 1 aliphatic rings. The lowest BCUT2D eigenvalue weighted by Gasteiger charge is -2.07. The van der Waals surface area contributed by atoms with E-state index in [1.54, 1.807) is 18.2 Å². The number of hydrogen-bond donors (Lipinski definition) is 2. The van der Waals surface area contributed by atoms with Gasteiger partial charge in [-0.25, -0.2) is 4.85 Å². The topological polar surface area (TPSA) is 50.6 Å². The van der Waals surface area contributed by atoms with Crippen molar-refractivity contribution in [1.82, 2.24) is 0 Å². The number of benzene rings is 2. The Morgan fingerprint density at radius 3 is 2.35 bits per heavy atom. The first-order valence-corrected chi connectivity index (χ1v) is 6.25. The van der Waals surface area contributed by atoms with Crippen molar-refractivity contribution in [1.29, 1.82) is 0 Å². The molecular formula is C16H15ClN2O. The quantitative estimate of drug-likeness (QED) is 0.824. The zero-order valence-electron chi connectivity index (χ0n) is 10.8. The number of aromatic hydroxyl groups is 1. The minimum atomic E-state index is 0. The van der Waals surface area contributed by atoms with Gasteiger partial charge in [0.2, 0.25) is 0 Å². The molecule has 3 N–H and O–H groups in total. The van der Waals surface area contributed by atoms with Crippen LogP contribution >= 0.6 is 12.4 Å². The number of halogens is 1. The maximum Gasteiger partial charge on any atom is 0.188 e. The van der Waals surface area contributed by atoms with Crippen molar-refractivity contribution < 1.29 is 5.11 Å². The summed E-state index contributed by atoms with van der Waals surface area (Å²) in [6.45, 7) is 7.02. The zero-order chi connectivity index (χ0) is 13.4. The van der Waals surface area contributed by atoms with E-state index in [1.807, 2.05) is 12.1 Å². The lowest BCUT2D eigenvalue weighted by Crippen LogP contribution is -2.00. The van der Waals surface area contributed by atoms with E-state index in [0.717, 1.165) is 12.0 Å². The third kappa shape index (κ3) is 2.62. The normalized spacial score (nSPS) is 19.8. The van der Waals surface area contributed by atoms with E-state index in [-0.39, 0.29) is 18.2 Å². The predicted octanol–water partition coefficient (Wildman–Crippen LogP) is 3.85. The van der Waals surface area contributed by atoms with Crippen LogP contribution in [0.3, 0.4) is 0 Å². The molecule has 1 aliphatic carbocycles. The minimum Gasteiger partial charge on any atom is -0.507 e. The summed E-state index contributed by atoms with van der Waals surface area (Å²) < 4.78 is 0. The van der Waals surface area contributed by atoms with Crippen LogP contribution in [0.1, 0.15) is 17.9 Å². The average Bonchev–Trinajstić information content (AvgIpc) is 3.17. The summed E-state index contributed by atoms with van der Waals surface area (Å²) >= 11 is 0. The Morgan fingerprint density at radius 2 is 1.80 bits per heavy atom. The van der Waals surface area contributed by atoms with Gasteiger partial charge in [-0.05, 0) is 29.7 Å². The molecule has 0 radical (unpaired) electrons. The van der Waals surface area contributed by atoms with Crippen LogP contribution in [0.15, 0.2) is 42.5 Å². The predicted molar refractivity (Wildman–Crippen MR) is 82.4 cm³/mol. The van der Waals surface area contributed by atoms with E-state index in [0.29, 0.717) is 23.2 Å². The molecule has 0 spiro atoms. The Hall–Kier alpha value is -2.02. The molecule has 2 aromatic rings. The number of rotatable bonds is 2. The molecule has 3 rings (SSSR count). The molecule has 4 heteroatoms. The highest BCUT2D eigenvalue weighted by molar-refractivity contribution is 5.85. The van der Waals surface area contributed by atoms with Crippen LogP contribution in [0.5, 0.6) is 5.75 Å². The molecule has 0 amide bonds. The Balaban J connectivity index is 0.00000147. The lowest BCUT2D eigenvalue weighted by atomic mass is 10.0. The second kappa shape index (κ2) is 5.54. The summed E-state index contributed by atoms with van der Waals surface area (Å²) in [5.74, 6) is 0.681. The molecule has 3 nitrogen and oxygen atoms in total. The molecule has 0 unspecified atom stereocenters. The fourth-order valence-electron chi connectivity index (χ4n) is 2.33. The first-order valence-electron chi connectivity index (χ1n) is 6.25. The van der Waals surface area contributed by atoms with Crippen molar-refractivity contribution in [2.75, 3.05) is 0 Å². The van der Waals surface area contributed by atoms with Crippen molar-refractivity contribution in [2.45, 2.75) is 18.4 Å². The Morgan fingerprint density at radius 1 is 1.15 bits per heavy atom. The second-order valence-electron chi connectivity index (χ2n) is 4.94. The SMILES string of the molecule is Cl.[C-]#[N+]c1ccc(O)c(-c2ccc([C@H]3C[C@@H]3N)cc2)c1. The van der Waals surface area contributed by atoms with Gasteiger partial charge < -0.3 is 10.8 Å². The average molecular weight is 287 g/mol. The molecule has 0 heterocycles. The van der Waals surface area contributed by atoms with E-state index in [9.17, 15) is 5.11 Å². The second-order valence-corrected chi connectivity index (χ2v) is 4.94. The number of phenols is 1. The van der Waals surface area contributed by atoms with Gasteiger partial charge in [0, 0.05) is 17.5 Å². The van der Waals surface area contributed by atoms with Gasteiger partial charge in [-0.3, -0.25) is 0 Å². The molecule has 2 atom stereocenters. The van der Waals surface area contributed by atoms with Crippen molar-refractivity contribution >= 4 is 18.1 Å². The van der Waals surface area contributed by atoms with E-state index in [4.69, 9.17) is 12.3 Å². The van der Waals surface area contributed by atoms with Crippen LogP contribution in [0, 0.1) is 6.57 Å².